The van der Waals surface area contributed by atoms with E-state index in [0.717, 1.165) is 4.90 Å². The van der Waals surface area contributed by atoms with Gasteiger partial charge in [-0.1, -0.05) is 31.9 Å². The zero-order chi connectivity index (χ0) is 11.3. The summed E-state index contributed by atoms with van der Waals surface area (Å²) in [6, 6.07) is 4.27. The highest BCUT2D eigenvalue weighted by molar-refractivity contribution is 7.97. The van der Waals surface area contributed by atoms with E-state index in [1.54, 1.807) is 24.2 Å². The van der Waals surface area contributed by atoms with Gasteiger partial charge >= 0.3 is 0 Å². The molecule has 0 aliphatic heterocycles. The van der Waals surface area contributed by atoms with Crippen molar-refractivity contribution < 1.29 is 0 Å². The minimum atomic E-state index is 0.496. The van der Waals surface area contributed by atoms with Crippen LogP contribution in [-0.4, -0.2) is 11.0 Å². The van der Waals surface area contributed by atoms with Crippen LogP contribution >= 0.6 is 23.5 Å². The van der Waals surface area contributed by atoms with Crippen LogP contribution in [0.25, 0.3) is 0 Å². The van der Waals surface area contributed by atoms with Gasteiger partial charge in [0.1, 0.15) is 5.15 Å². The van der Waals surface area contributed by atoms with Crippen LogP contribution in [0.1, 0.15) is 27.2 Å². The molecule has 0 radical (unpaired) electrons. The lowest BCUT2D eigenvalue weighted by molar-refractivity contribution is 0.449. The van der Waals surface area contributed by atoms with Gasteiger partial charge in [-0.15, -0.1) is 0 Å². The van der Waals surface area contributed by atoms with Gasteiger partial charge in [0, 0.05) is 17.1 Å². The van der Waals surface area contributed by atoms with Gasteiger partial charge in [-0.3, -0.25) is 4.72 Å². The Bertz CT molecular complexity index is 289. The lowest BCUT2D eigenvalue weighted by atomic mass is 10.0. The number of rotatable bonds is 5. The number of hydrogen-bond donors (Lipinski definition) is 1. The Labute approximate surface area is 101 Å². The van der Waals surface area contributed by atoms with E-state index in [1.807, 2.05) is 6.07 Å². The lowest BCUT2D eigenvalue weighted by Crippen LogP contribution is -2.26. The molecule has 2 nitrogen and oxygen atoms in total. The molecule has 15 heavy (non-hydrogen) atoms. The maximum absolute atomic E-state index is 5.71. The highest BCUT2D eigenvalue weighted by atomic mass is 35.5. The van der Waals surface area contributed by atoms with Crippen molar-refractivity contribution in [2.75, 3.05) is 0 Å². The normalized spacial score (nSPS) is 14.9. The van der Waals surface area contributed by atoms with Gasteiger partial charge in [0.25, 0.3) is 0 Å². The van der Waals surface area contributed by atoms with Gasteiger partial charge in [-0.25, -0.2) is 4.98 Å². The maximum atomic E-state index is 5.71. The van der Waals surface area contributed by atoms with E-state index in [1.165, 1.54) is 6.42 Å². The van der Waals surface area contributed by atoms with E-state index in [9.17, 15) is 0 Å². The summed E-state index contributed by atoms with van der Waals surface area (Å²) in [5, 5.41) is 0.536. The van der Waals surface area contributed by atoms with Crippen molar-refractivity contribution in [2.45, 2.75) is 38.1 Å². The molecule has 1 heterocycles. The zero-order valence-corrected chi connectivity index (χ0v) is 10.9. The summed E-state index contributed by atoms with van der Waals surface area (Å²) in [5.74, 6) is 0.678. The molecule has 1 rings (SSSR count). The second kappa shape index (κ2) is 6.36. The van der Waals surface area contributed by atoms with Gasteiger partial charge in [0.2, 0.25) is 0 Å². The van der Waals surface area contributed by atoms with Crippen LogP contribution in [-0.2, 0) is 0 Å². The highest BCUT2D eigenvalue weighted by Gasteiger charge is 2.09. The van der Waals surface area contributed by atoms with Crippen molar-refractivity contribution in [3.8, 4) is 0 Å². The molecule has 0 aromatic carbocycles. The third-order valence-corrected chi connectivity index (χ3v) is 3.75. The third-order valence-electron chi connectivity index (χ3n) is 2.56. The van der Waals surface area contributed by atoms with Crippen LogP contribution in [0.2, 0.25) is 5.15 Å². The molecule has 2 atom stereocenters. The fourth-order valence-electron chi connectivity index (χ4n) is 1.05. The van der Waals surface area contributed by atoms with Crippen LogP contribution in [0.15, 0.2) is 23.2 Å². The summed E-state index contributed by atoms with van der Waals surface area (Å²) >= 11 is 7.32. The van der Waals surface area contributed by atoms with Crippen molar-refractivity contribution in [1.82, 2.24) is 9.71 Å². The summed E-state index contributed by atoms with van der Waals surface area (Å²) in [6.45, 7) is 6.65. The number of aromatic nitrogens is 1. The average Bonchev–Trinajstić information content (AvgIpc) is 2.26. The van der Waals surface area contributed by atoms with E-state index in [-0.39, 0.29) is 0 Å². The Morgan fingerprint density at radius 3 is 2.73 bits per heavy atom. The number of nitrogens with one attached hydrogen (secondary N) is 1. The van der Waals surface area contributed by atoms with E-state index in [2.05, 4.69) is 30.5 Å². The molecule has 0 fully saturated rings. The molecule has 1 aromatic heterocycles. The molecule has 4 heteroatoms. The Kier molecular flexibility index (Phi) is 5.43. The fraction of sp³-hybridized carbons (Fsp3) is 0.545. The Balaban J connectivity index is 2.40. The van der Waals surface area contributed by atoms with Crippen molar-refractivity contribution in [3.05, 3.63) is 23.5 Å². The Morgan fingerprint density at radius 2 is 2.20 bits per heavy atom. The smallest absolute Gasteiger partial charge is 0.129 e. The van der Waals surface area contributed by atoms with Crippen LogP contribution in [0.4, 0.5) is 0 Å². The molecule has 0 saturated carbocycles. The highest BCUT2D eigenvalue weighted by Crippen LogP contribution is 2.18. The number of pyridine rings is 1. The van der Waals surface area contributed by atoms with E-state index in [4.69, 9.17) is 11.6 Å². The van der Waals surface area contributed by atoms with E-state index < -0.39 is 0 Å². The lowest BCUT2D eigenvalue weighted by Gasteiger charge is -2.18. The molecule has 84 valence electrons. The van der Waals surface area contributed by atoms with Gasteiger partial charge in [-0.05, 0) is 36.9 Å². The SMILES string of the molecule is CCC(C)C(C)NSc1ccc(Cl)nc1. The van der Waals surface area contributed by atoms with Crippen molar-refractivity contribution in [1.29, 1.82) is 0 Å². The molecule has 0 aliphatic carbocycles. The van der Waals surface area contributed by atoms with Crippen molar-refractivity contribution >= 4 is 23.5 Å². The Hall–Kier alpha value is -0.250. The molecule has 1 N–H and O–H groups in total. The van der Waals surface area contributed by atoms with E-state index >= 15 is 0 Å². The standard InChI is InChI=1S/C11H17ClN2S/c1-4-8(2)9(3)14-15-10-5-6-11(12)13-7-10/h5-9,14H,4H2,1-3H3. The van der Waals surface area contributed by atoms with Crippen LogP contribution < -0.4 is 4.72 Å². The molecule has 0 bridgehead atoms. The predicted molar refractivity (Wildman–Crippen MR) is 67.2 cm³/mol. The Morgan fingerprint density at radius 1 is 1.47 bits per heavy atom. The second-order valence-corrected chi connectivity index (χ2v) is 5.01. The molecular formula is C11H17ClN2S. The second-order valence-electron chi connectivity index (χ2n) is 3.71. The molecule has 0 spiro atoms. The number of nitrogens with zero attached hydrogens (tertiary/aromatic N) is 1. The molecule has 2 unspecified atom stereocenters. The predicted octanol–water partition coefficient (Wildman–Crippen LogP) is 3.77. The third kappa shape index (κ3) is 4.41. The maximum Gasteiger partial charge on any atom is 0.129 e. The van der Waals surface area contributed by atoms with Crippen molar-refractivity contribution in [3.63, 3.8) is 0 Å². The van der Waals surface area contributed by atoms with Crippen LogP contribution in [0, 0.1) is 5.92 Å². The molecule has 0 aliphatic rings. The largest absolute Gasteiger partial charge is 0.257 e. The first-order valence-corrected chi connectivity index (χ1v) is 6.36. The molecular weight excluding hydrogens is 228 g/mol. The minimum Gasteiger partial charge on any atom is -0.257 e. The molecule has 0 saturated heterocycles. The first kappa shape index (κ1) is 12.8. The molecule has 0 amide bonds. The summed E-state index contributed by atoms with van der Waals surface area (Å²) in [6.07, 6.45) is 2.97. The van der Waals surface area contributed by atoms with Crippen LogP contribution in [0.3, 0.4) is 0 Å². The minimum absolute atomic E-state index is 0.496. The monoisotopic (exact) mass is 244 g/mol. The summed E-state index contributed by atoms with van der Waals surface area (Å²) in [7, 11) is 0. The number of halogens is 1. The summed E-state index contributed by atoms with van der Waals surface area (Å²) in [5.41, 5.74) is 0. The topological polar surface area (TPSA) is 24.9 Å². The van der Waals surface area contributed by atoms with Gasteiger partial charge in [0.05, 0.1) is 0 Å². The summed E-state index contributed by atoms with van der Waals surface area (Å²) < 4.78 is 3.40. The first-order valence-electron chi connectivity index (χ1n) is 5.17. The summed E-state index contributed by atoms with van der Waals surface area (Å²) in [4.78, 5) is 5.12. The van der Waals surface area contributed by atoms with Crippen molar-refractivity contribution in [2.24, 2.45) is 5.92 Å². The van der Waals surface area contributed by atoms with Gasteiger partial charge < -0.3 is 0 Å². The van der Waals surface area contributed by atoms with Gasteiger partial charge in [-0.2, -0.15) is 0 Å². The average molecular weight is 245 g/mol. The quantitative estimate of drug-likeness (QED) is 0.631. The van der Waals surface area contributed by atoms with E-state index in [0.29, 0.717) is 17.1 Å². The van der Waals surface area contributed by atoms with Gasteiger partial charge in [0.15, 0.2) is 0 Å². The molecule has 1 aromatic rings. The van der Waals surface area contributed by atoms with Crippen LogP contribution in [0.5, 0.6) is 0 Å². The fourth-order valence-corrected chi connectivity index (χ4v) is 1.96. The zero-order valence-electron chi connectivity index (χ0n) is 9.33. The first-order chi connectivity index (χ1) is 7.13. The number of hydrogen-bond acceptors (Lipinski definition) is 3.